The lowest BCUT2D eigenvalue weighted by Gasteiger charge is -2.23. The Bertz CT molecular complexity index is 613. The van der Waals surface area contributed by atoms with E-state index >= 15 is 0 Å². The van der Waals surface area contributed by atoms with E-state index in [1.807, 2.05) is 13.0 Å². The minimum Gasteiger partial charge on any atom is -0.440 e. The molecule has 0 spiro atoms. The van der Waals surface area contributed by atoms with Gasteiger partial charge in [-0.2, -0.15) is 0 Å². The van der Waals surface area contributed by atoms with Crippen LogP contribution in [0.4, 0.5) is 0 Å². The van der Waals surface area contributed by atoms with Crippen molar-refractivity contribution in [1.29, 1.82) is 0 Å². The summed E-state index contributed by atoms with van der Waals surface area (Å²) in [7, 11) is 0. The zero-order chi connectivity index (χ0) is 14.9. The normalized spacial score (nSPS) is 21.8. The summed E-state index contributed by atoms with van der Waals surface area (Å²) in [5.74, 6) is 2.41. The molecule has 2 aromatic rings. The van der Waals surface area contributed by atoms with Crippen LogP contribution in [0, 0.1) is 12.8 Å². The lowest BCUT2D eigenvalue weighted by Crippen LogP contribution is -2.31. The standard InChI is InChI=1S/C17H22N2O2S/c1-12-15(18-17(21-12)16-3-2-8-22-16)10-19(14-4-5-14)9-13-6-7-20-11-13/h2-3,8,13-14H,4-7,9-11H2,1H3/t13-/m1/s1. The summed E-state index contributed by atoms with van der Waals surface area (Å²) in [4.78, 5) is 8.44. The minimum absolute atomic E-state index is 0.685. The monoisotopic (exact) mass is 318 g/mol. The van der Waals surface area contributed by atoms with Crippen molar-refractivity contribution < 1.29 is 9.15 Å². The maximum Gasteiger partial charge on any atom is 0.236 e. The fourth-order valence-electron chi connectivity index (χ4n) is 3.11. The first-order valence-electron chi connectivity index (χ1n) is 8.11. The molecule has 2 fully saturated rings. The van der Waals surface area contributed by atoms with Crippen LogP contribution in [-0.2, 0) is 11.3 Å². The largest absolute Gasteiger partial charge is 0.440 e. The predicted octanol–water partition coefficient (Wildman–Crippen LogP) is 3.71. The molecule has 2 aromatic heterocycles. The van der Waals surface area contributed by atoms with Gasteiger partial charge in [-0.05, 0) is 43.6 Å². The summed E-state index contributed by atoms with van der Waals surface area (Å²) < 4.78 is 11.4. The van der Waals surface area contributed by atoms with Crippen molar-refractivity contribution in [2.45, 2.75) is 38.8 Å². The maximum absolute atomic E-state index is 5.88. The lowest BCUT2D eigenvalue weighted by atomic mass is 10.1. The highest BCUT2D eigenvalue weighted by atomic mass is 32.1. The van der Waals surface area contributed by atoms with Gasteiger partial charge in [-0.3, -0.25) is 4.90 Å². The van der Waals surface area contributed by atoms with Crippen molar-refractivity contribution in [3.63, 3.8) is 0 Å². The molecule has 118 valence electrons. The van der Waals surface area contributed by atoms with Gasteiger partial charge in [-0.15, -0.1) is 11.3 Å². The molecule has 1 saturated heterocycles. The van der Waals surface area contributed by atoms with Gasteiger partial charge in [0.2, 0.25) is 5.89 Å². The first-order valence-corrected chi connectivity index (χ1v) is 8.99. The number of aromatic nitrogens is 1. The average Bonchev–Trinajstić information content (AvgIpc) is 2.95. The van der Waals surface area contributed by atoms with Gasteiger partial charge in [0.1, 0.15) is 5.76 Å². The molecule has 1 saturated carbocycles. The number of hydrogen-bond donors (Lipinski definition) is 0. The predicted molar refractivity (Wildman–Crippen MR) is 86.9 cm³/mol. The third-order valence-corrected chi connectivity index (χ3v) is 5.42. The van der Waals surface area contributed by atoms with Gasteiger partial charge < -0.3 is 9.15 Å². The fraction of sp³-hybridized carbons (Fsp3) is 0.588. The van der Waals surface area contributed by atoms with Crippen LogP contribution in [0.3, 0.4) is 0 Å². The molecule has 4 nitrogen and oxygen atoms in total. The first kappa shape index (κ1) is 14.4. The van der Waals surface area contributed by atoms with Crippen molar-refractivity contribution in [3.8, 4) is 10.8 Å². The number of rotatable bonds is 6. The van der Waals surface area contributed by atoms with Gasteiger partial charge in [0, 0.05) is 25.7 Å². The van der Waals surface area contributed by atoms with Crippen LogP contribution in [0.2, 0.25) is 0 Å². The second kappa shape index (κ2) is 6.14. The molecule has 0 N–H and O–H groups in total. The Balaban J connectivity index is 1.48. The Labute approximate surface area is 135 Å². The Morgan fingerprint density at radius 1 is 1.36 bits per heavy atom. The van der Waals surface area contributed by atoms with Crippen LogP contribution in [0.5, 0.6) is 0 Å². The van der Waals surface area contributed by atoms with E-state index in [2.05, 4.69) is 16.3 Å². The van der Waals surface area contributed by atoms with E-state index in [0.29, 0.717) is 5.92 Å². The molecule has 5 heteroatoms. The Morgan fingerprint density at radius 2 is 2.27 bits per heavy atom. The van der Waals surface area contributed by atoms with Crippen LogP contribution in [-0.4, -0.2) is 35.7 Å². The summed E-state index contributed by atoms with van der Waals surface area (Å²) in [5, 5.41) is 2.06. The average molecular weight is 318 g/mol. The van der Waals surface area contributed by atoms with Crippen LogP contribution in [0.1, 0.15) is 30.7 Å². The summed E-state index contributed by atoms with van der Waals surface area (Å²) >= 11 is 1.68. The van der Waals surface area contributed by atoms with E-state index < -0.39 is 0 Å². The number of hydrogen-bond acceptors (Lipinski definition) is 5. The molecule has 3 heterocycles. The van der Waals surface area contributed by atoms with E-state index in [9.17, 15) is 0 Å². The van der Waals surface area contributed by atoms with Crippen LogP contribution in [0.25, 0.3) is 10.8 Å². The summed E-state index contributed by atoms with van der Waals surface area (Å²) in [6, 6.07) is 4.84. The van der Waals surface area contributed by atoms with Crippen molar-refractivity contribution >= 4 is 11.3 Å². The molecule has 1 aliphatic heterocycles. The summed E-state index contributed by atoms with van der Waals surface area (Å²) in [5.41, 5.74) is 1.09. The lowest BCUT2D eigenvalue weighted by molar-refractivity contribution is 0.160. The SMILES string of the molecule is Cc1oc(-c2cccs2)nc1CN(C[C@H]1CCOC1)C1CC1. The molecule has 0 aromatic carbocycles. The second-order valence-corrected chi connectivity index (χ2v) is 7.34. The van der Waals surface area contributed by atoms with E-state index in [4.69, 9.17) is 14.1 Å². The Kier molecular flexibility index (Phi) is 4.03. The fourth-order valence-corrected chi connectivity index (χ4v) is 3.76. The zero-order valence-corrected chi connectivity index (χ0v) is 13.8. The van der Waals surface area contributed by atoms with Gasteiger partial charge in [-0.1, -0.05) is 6.07 Å². The number of oxazole rings is 1. The second-order valence-electron chi connectivity index (χ2n) is 6.39. The molecule has 1 aliphatic carbocycles. The van der Waals surface area contributed by atoms with Gasteiger partial charge in [0.05, 0.1) is 17.2 Å². The highest BCUT2D eigenvalue weighted by Crippen LogP contribution is 2.32. The van der Waals surface area contributed by atoms with Crippen molar-refractivity contribution in [2.75, 3.05) is 19.8 Å². The van der Waals surface area contributed by atoms with Crippen molar-refractivity contribution in [1.82, 2.24) is 9.88 Å². The Hall–Kier alpha value is -1.17. The van der Waals surface area contributed by atoms with Crippen LogP contribution in [0.15, 0.2) is 21.9 Å². The quantitative estimate of drug-likeness (QED) is 0.814. The van der Waals surface area contributed by atoms with Gasteiger partial charge in [0.25, 0.3) is 0 Å². The first-order chi connectivity index (χ1) is 10.8. The molecular formula is C17H22N2O2S. The molecular weight excluding hydrogens is 296 g/mol. The number of thiophene rings is 1. The minimum atomic E-state index is 0.685. The van der Waals surface area contributed by atoms with Crippen LogP contribution >= 0.6 is 11.3 Å². The van der Waals surface area contributed by atoms with Gasteiger partial charge in [0.15, 0.2) is 0 Å². The van der Waals surface area contributed by atoms with Crippen molar-refractivity contribution in [3.05, 3.63) is 29.0 Å². The van der Waals surface area contributed by atoms with Gasteiger partial charge >= 0.3 is 0 Å². The molecule has 2 aliphatic rings. The highest BCUT2D eigenvalue weighted by molar-refractivity contribution is 7.13. The molecule has 0 radical (unpaired) electrons. The summed E-state index contributed by atoms with van der Waals surface area (Å²) in [6.07, 6.45) is 3.84. The zero-order valence-electron chi connectivity index (χ0n) is 13.0. The number of aryl methyl sites for hydroxylation is 1. The molecule has 0 amide bonds. The van der Waals surface area contributed by atoms with Crippen molar-refractivity contribution in [2.24, 2.45) is 5.92 Å². The highest BCUT2D eigenvalue weighted by Gasteiger charge is 2.32. The topological polar surface area (TPSA) is 38.5 Å². The third kappa shape index (κ3) is 3.12. The molecule has 0 bridgehead atoms. The Morgan fingerprint density at radius 3 is 2.95 bits per heavy atom. The van der Waals surface area contributed by atoms with Crippen LogP contribution < -0.4 is 0 Å². The van der Waals surface area contributed by atoms with Gasteiger partial charge in [-0.25, -0.2) is 4.98 Å². The molecule has 22 heavy (non-hydrogen) atoms. The van der Waals surface area contributed by atoms with E-state index in [0.717, 1.165) is 54.6 Å². The molecule has 0 unspecified atom stereocenters. The third-order valence-electron chi connectivity index (χ3n) is 4.56. The summed E-state index contributed by atoms with van der Waals surface area (Å²) in [6.45, 7) is 5.91. The van der Waals surface area contributed by atoms with E-state index in [1.165, 1.54) is 19.3 Å². The smallest absolute Gasteiger partial charge is 0.236 e. The number of ether oxygens (including phenoxy) is 1. The number of nitrogens with zero attached hydrogens (tertiary/aromatic N) is 2. The van der Waals surface area contributed by atoms with E-state index in [-0.39, 0.29) is 0 Å². The maximum atomic E-state index is 5.88. The van der Waals surface area contributed by atoms with E-state index in [1.54, 1.807) is 11.3 Å². The molecule has 1 atom stereocenters. The molecule has 4 rings (SSSR count).